The highest BCUT2D eigenvalue weighted by Gasteiger charge is 2.19. The van der Waals surface area contributed by atoms with Crippen molar-refractivity contribution in [1.82, 2.24) is 15.0 Å². The van der Waals surface area contributed by atoms with Gasteiger partial charge >= 0.3 is 0 Å². The van der Waals surface area contributed by atoms with Crippen LogP contribution in [0.25, 0.3) is 38.8 Å². The normalized spacial score (nSPS) is 11.4. The molecule has 0 atom stereocenters. The van der Waals surface area contributed by atoms with E-state index in [1.165, 1.54) is 0 Å². The lowest BCUT2D eigenvalue weighted by Gasteiger charge is -2.12. The Morgan fingerprint density at radius 3 is 2.23 bits per heavy atom. The van der Waals surface area contributed by atoms with Gasteiger partial charge < -0.3 is 9.55 Å². The van der Waals surface area contributed by atoms with Gasteiger partial charge in [-0.1, -0.05) is 84.9 Å². The number of carbonyl (C=O) groups is 1. The topological polar surface area (TPSA) is 62.2 Å². The van der Waals surface area contributed by atoms with Crippen molar-refractivity contribution in [1.29, 1.82) is 0 Å². The van der Waals surface area contributed by atoms with Gasteiger partial charge in [0.25, 0.3) is 5.91 Å². The predicted octanol–water partition coefficient (Wildman–Crippen LogP) is 6.54. The van der Waals surface area contributed by atoms with Crippen molar-refractivity contribution in [3.8, 4) is 16.9 Å². The van der Waals surface area contributed by atoms with Crippen molar-refractivity contribution in [2.75, 3.05) is 0 Å². The molecule has 0 aliphatic heterocycles. The summed E-state index contributed by atoms with van der Waals surface area (Å²) >= 11 is 0. The number of nitrogens with zero attached hydrogens (tertiary/aromatic N) is 2. The highest BCUT2D eigenvalue weighted by atomic mass is 16.2. The van der Waals surface area contributed by atoms with E-state index in [4.69, 9.17) is 0 Å². The first kappa shape index (κ1) is 20.7. The average Bonchev–Trinajstić information content (AvgIpc) is 3.49. The highest BCUT2D eigenvalue weighted by molar-refractivity contribution is 6.09. The summed E-state index contributed by atoms with van der Waals surface area (Å²) in [6, 6.07) is 36.5. The van der Waals surface area contributed by atoms with Gasteiger partial charge in [-0.25, -0.2) is 5.43 Å². The van der Waals surface area contributed by atoms with E-state index in [2.05, 4.69) is 56.5 Å². The maximum absolute atomic E-state index is 12.9. The third-order valence-corrected chi connectivity index (χ3v) is 6.17. The lowest BCUT2D eigenvalue weighted by atomic mass is 10.1. The number of hydrogen-bond donors (Lipinski definition) is 2. The zero-order valence-corrected chi connectivity index (χ0v) is 18.8. The number of hydrogen-bond acceptors (Lipinski definition) is 2. The first-order valence-corrected chi connectivity index (χ1v) is 11.4. The number of amides is 1. The van der Waals surface area contributed by atoms with Crippen molar-refractivity contribution in [3.63, 3.8) is 0 Å². The molecule has 0 bridgehead atoms. The van der Waals surface area contributed by atoms with Crippen LogP contribution in [0.15, 0.2) is 120 Å². The summed E-state index contributed by atoms with van der Waals surface area (Å²) in [5, 5.41) is 6.32. The SMILES string of the molecule is O=C(N/N=C\c1c(-c2ccccc2)n(-c2ccccc2)c2ccccc12)c1c[nH]c2ccccc12. The molecule has 4 aromatic carbocycles. The Morgan fingerprint density at radius 2 is 1.43 bits per heavy atom. The summed E-state index contributed by atoms with van der Waals surface area (Å²) in [6.07, 6.45) is 3.46. The zero-order valence-electron chi connectivity index (χ0n) is 18.8. The lowest BCUT2D eigenvalue weighted by Crippen LogP contribution is -2.17. The number of fused-ring (bicyclic) bond motifs is 2. The van der Waals surface area contributed by atoms with Gasteiger partial charge in [-0.15, -0.1) is 0 Å². The third-order valence-electron chi connectivity index (χ3n) is 6.17. The highest BCUT2D eigenvalue weighted by Crippen LogP contribution is 2.35. The molecule has 6 aromatic rings. The smallest absolute Gasteiger partial charge is 0.273 e. The molecule has 35 heavy (non-hydrogen) atoms. The number of carbonyl (C=O) groups excluding carboxylic acids is 1. The van der Waals surface area contributed by atoms with E-state index in [0.717, 1.165) is 44.3 Å². The molecule has 0 spiro atoms. The molecule has 0 aliphatic rings. The van der Waals surface area contributed by atoms with Gasteiger partial charge in [0.2, 0.25) is 0 Å². The molecular formula is C30H22N4O. The Morgan fingerprint density at radius 1 is 0.771 bits per heavy atom. The van der Waals surface area contributed by atoms with Crippen molar-refractivity contribution < 1.29 is 4.79 Å². The van der Waals surface area contributed by atoms with E-state index in [1.54, 1.807) is 12.4 Å². The van der Waals surface area contributed by atoms with Crippen molar-refractivity contribution in [3.05, 3.63) is 127 Å². The molecule has 6 rings (SSSR count). The molecule has 2 heterocycles. The van der Waals surface area contributed by atoms with Gasteiger partial charge in [0.1, 0.15) is 0 Å². The fourth-order valence-corrected chi connectivity index (χ4v) is 4.60. The van der Waals surface area contributed by atoms with Gasteiger partial charge in [0.15, 0.2) is 0 Å². The van der Waals surface area contributed by atoms with E-state index in [1.807, 2.05) is 72.8 Å². The fraction of sp³-hybridized carbons (Fsp3) is 0. The average molecular weight is 455 g/mol. The third kappa shape index (κ3) is 3.69. The maximum Gasteiger partial charge on any atom is 0.273 e. The molecule has 5 nitrogen and oxygen atoms in total. The van der Waals surface area contributed by atoms with E-state index in [-0.39, 0.29) is 5.91 Å². The van der Waals surface area contributed by atoms with E-state index >= 15 is 0 Å². The monoisotopic (exact) mass is 454 g/mol. The van der Waals surface area contributed by atoms with Crippen LogP contribution in [0.1, 0.15) is 15.9 Å². The number of para-hydroxylation sites is 3. The molecule has 0 saturated heterocycles. The van der Waals surface area contributed by atoms with Crippen LogP contribution in [0.4, 0.5) is 0 Å². The Kier molecular flexibility index (Phi) is 5.20. The minimum Gasteiger partial charge on any atom is -0.360 e. The van der Waals surface area contributed by atoms with Crippen LogP contribution in [0.2, 0.25) is 0 Å². The Balaban J connectivity index is 1.46. The summed E-state index contributed by atoms with van der Waals surface area (Å²) in [5.41, 5.74) is 9.35. The molecule has 0 unspecified atom stereocenters. The molecule has 1 amide bonds. The summed E-state index contributed by atoms with van der Waals surface area (Å²) in [6.45, 7) is 0. The molecule has 168 valence electrons. The van der Waals surface area contributed by atoms with Gasteiger partial charge in [0, 0.05) is 33.7 Å². The molecule has 0 fully saturated rings. The predicted molar refractivity (Wildman–Crippen MR) is 142 cm³/mol. The van der Waals surface area contributed by atoms with E-state index < -0.39 is 0 Å². The van der Waals surface area contributed by atoms with Crippen LogP contribution < -0.4 is 5.43 Å². The van der Waals surface area contributed by atoms with Gasteiger partial charge in [0.05, 0.1) is 23.0 Å². The lowest BCUT2D eigenvalue weighted by molar-refractivity contribution is 0.0957. The van der Waals surface area contributed by atoms with Gasteiger partial charge in [-0.05, 0) is 29.8 Å². The fourth-order valence-electron chi connectivity index (χ4n) is 4.60. The van der Waals surface area contributed by atoms with E-state index in [9.17, 15) is 4.79 Å². The maximum atomic E-state index is 12.9. The van der Waals surface area contributed by atoms with Crippen molar-refractivity contribution in [2.24, 2.45) is 5.10 Å². The molecule has 0 saturated carbocycles. The second kappa shape index (κ2) is 8.80. The second-order valence-electron chi connectivity index (χ2n) is 8.26. The van der Waals surface area contributed by atoms with Gasteiger partial charge in [-0.3, -0.25) is 4.79 Å². The zero-order chi connectivity index (χ0) is 23.6. The van der Waals surface area contributed by atoms with Crippen molar-refractivity contribution in [2.45, 2.75) is 0 Å². The minimum absolute atomic E-state index is 0.258. The van der Waals surface area contributed by atoms with Crippen LogP contribution in [-0.2, 0) is 0 Å². The standard InChI is InChI=1S/C30H22N4O/c35-30(26-19-31-27-17-9-7-15-23(26)27)33-32-20-25-24-16-8-10-18-28(24)34(22-13-5-2-6-14-22)29(25)21-11-3-1-4-12-21/h1-20,31H,(H,33,35)/b32-20-. The summed E-state index contributed by atoms with van der Waals surface area (Å²) in [5.74, 6) is -0.258. The summed E-state index contributed by atoms with van der Waals surface area (Å²) in [4.78, 5) is 16.0. The second-order valence-corrected chi connectivity index (χ2v) is 8.26. The Bertz CT molecular complexity index is 1680. The summed E-state index contributed by atoms with van der Waals surface area (Å²) in [7, 11) is 0. The molecule has 5 heteroatoms. The molecule has 2 N–H and O–H groups in total. The van der Waals surface area contributed by atoms with Crippen LogP contribution in [0.3, 0.4) is 0 Å². The minimum atomic E-state index is -0.258. The number of hydrazone groups is 1. The number of H-pyrrole nitrogens is 1. The Hall–Kier alpha value is -4.90. The Labute approximate surface area is 202 Å². The molecule has 0 aliphatic carbocycles. The molecule has 2 aromatic heterocycles. The number of benzene rings is 4. The van der Waals surface area contributed by atoms with Crippen molar-refractivity contribution >= 4 is 33.9 Å². The first-order valence-electron chi connectivity index (χ1n) is 11.4. The number of rotatable bonds is 5. The number of aromatic nitrogens is 2. The van der Waals surface area contributed by atoms with Crippen LogP contribution >= 0.6 is 0 Å². The van der Waals surface area contributed by atoms with Crippen LogP contribution in [-0.4, -0.2) is 21.7 Å². The van der Waals surface area contributed by atoms with Crippen LogP contribution in [0, 0.1) is 0 Å². The van der Waals surface area contributed by atoms with Crippen LogP contribution in [0.5, 0.6) is 0 Å². The molecule has 0 radical (unpaired) electrons. The van der Waals surface area contributed by atoms with E-state index in [0.29, 0.717) is 5.56 Å². The van der Waals surface area contributed by atoms with Gasteiger partial charge in [-0.2, -0.15) is 5.10 Å². The quantitative estimate of drug-likeness (QED) is 0.225. The number of nitrogens with one attached hydrogen (secondary N) is 2. The first-order chi connectivity index (χ1) is 17.3. The molecular weight excluding hydrogens is 432 g/mol. The summed E-state index contributed by atoms with van der Waals surface area (Å²) < 4.78 is 2.24. The number of aromatic amines is 1. The largest absolute Gasteiger partial charge is 0.360 e.